The Morgan fingerprint density at radius 2 is 2.08 bits per heavy atom. The standard InChI is InChI=1S/C9H17ClO2/c1-2-3-6-12-7-4-5-9(10)8-11/h8-9H,2-7H2,1H3/t9-/m1/s1. The van der Waals surface area contributed by atoms with Gasteiger partial charge >= 0.3 is 0 Å². The molecular weight excluding hydrogens is 176 g/mol. The molecule has 0 N–H and O–H groups in total. The van der Waals surface area contributed by atoms with Gasteiger partial charge in [-0.25, -0.2) is 0 Å². The molecule has 0 radical (unpaired) electrons. The molecule has 0 bridgehead atoms. The number of halogens is 1. The van der Waals surface area contributed by atoms with Crippen molar-refractivity contribution in [2.45, 2.75) is 38.0 Å². The van der Waals surface area contributed by atoms with Crippen LogP contribution in [0.4, 0.5) is 0 Å². The summed E-state index contributed by atoms with van der Waals surface area (Å²) >= 11 is 5.58. The minimum atomic E-state index is -0.334. The second-order valence-corrected chi connectivity index (χ2v) is 3.32. The highest BCUT2D eigenvalue weighted by Crippen LogP contribution is 2.02. The molecule has 1 atom stereocenters. The number of alkyl halides is 1. The molecule has 12 heavy (non-hydrogen) atoms. The number of rotatable bonds is 8. The molecule has 0 amide bonds. The second-order valence-electron chi connectivity index (χ2n) is 2.76. The first-order valence-corrected chi connectivity index (χ1v) is 4.92. The lowest BCUT2D eigenvalue weighted by atomic mass is 10.2. The third-order valence-electron chi connectivity index (χ3n) is 1.56. The lowest BCUT2D eigenvalue weighted by molar-refractivity contribution is -0.107. The summed E-state index contributed by atoms with van der Waals surface area (Å²) < 4.78 is 5.29. The van der Waals surface area contributed by atoms with Gasteiger partial charge < -0.3 is 9.53 Å². The van der Waals surface area contributed by atoms with E-state index in [1.54, 1.807) is 0 Å². The fourth-order valence-electron chi connectivity index (χ4n) is 0.797. The van der Waals surface area contributed by atoms with Gasteiger partial charge in [-0.05, 0) is 19.3 Å². The summed E-state index contributed by atoms with van der Waals surface area (Å²) in [5.41, 5.74) is 0. The van der Waals surface area contributed by atoms with Crippen LogP contribution >= 0.6 is 11.6 Å². The number of ether oxygens (including phenoxy) is 1. The highest BCUT2D eigenvalue weighted by atomic mass is 35.5. The molecule has 0 saturated heterocycles. The van der Waals surface area contributed by atoms with Crippen molar-refractivity contribution in [3.05, 3.63) is 0 Å². The van der Waals surface area contributed by atoms with Gasteiger partial charge in [0.15, 0.2) is 0 Å². The number of unbranched alkanes of at least 4 members (excludes halogenated alkanes) is 1. The van der Waals surface area contributed by atoms with E-state index in [4.69, 9.17) is 16.3 Å². The van der Waals surface area contributed by atoms with Crippen molar-refractivity contribution in [2.24, 2.45) is 0 Å². The molecule has 0 aromatic rings. The van der Waals surface area contributed by atoms with E-state index in [0.717, 1.165) is 45.2 Å². The van der Waals surface area contributed by atoms with Crippen LogP contribution in [0.1, 0.15) is 32.6 Å². The fraction of sp³-hybridized carbons (Fsp3) is 0.889. The van der Waals surface area contributed by atoms with E-state index >= 15 is 0 Å². The Morgan fingerprint density at radius 3 is 2.67 bits per heavy atom. The summed E-state index contributed by atoms with van der Waals surface area (Å²) in [4.78, 5) is 10.1. The smallest absolute Gasteiger partial charge is 0.137 e. The number of hydrogen-bond donors (Lipinski definition) is 0. The van der Waals surface area contributed by atoms with Crippen molar-refractivity contribution in [1.29, 1.82) is 0 Å². The van der Waals surface area contributed by atoms with E-state index in [2.05, 4.69) is 6.92 Å². The third kappa shape index (κ3) is 8.02. The fourth-order valence-corrected chi connectivity index (χ4v) is 0.951. The first kappa shape index (κ1) is 11.9. The molecule has 0 aliphatic heterocycles. The van der Waals surface area contributed by atoms with Gasteiger partial charge in [0.25, 0.3) is 0 Å². The molecule has 0 saturated carbocycles. The quantitative estimate of drug-likeness (QED) is 0.335. The Hall–Kier alpha value is -0.0800. The van der Waals surface area contributed by atoms with E-state index in [9.17, 15) is 4.79 Å². The van der Waals surface area contributed by atoms with Crippen LogP contribution in [0.3, 0.4) is 0 Å². The highest BCUT2D eigenvalue weighted by molar-refractivity contribution is 6.27. The summed E-state index contributed by atoms with van der Waals surface area (Å²) in [6.07, 6.45) is 4.63. The normalized spacial score (nSPS) is 12.8. The second kappa shape index (κ2) is 9.01. The van der Waals surface area contributed by atoms with Gasteiger partial charge in [-0.3, -0.25) is 0 Å². The first-order chi connectivity index (χ1) is 5.81. The predicted octanol–water partition coefficient (Wildman–Crippen LogP) is 2.39. The average molecular weight is 193 g/mol. The average Bonchev–Trinajstić information content (AvgIpc) is 2.10. The molecule has 0 aliphatic carbocycles. The molecule has 0 heterocycles. The molecule has 0 rings (SSSR count). The molecule has 72 valence electrons. The lowest BCUT2D eigenvalue weighted by Crippen LogP contribution is -2.03. The van der Waals surface area contributed by atoms with Crippen LogP contribution in [0.25, 0.3) is 0 Å². The SMILES string of the molecule is CCCCOCCC[C@@H](Cl)C=O. The lowest BCUT2D eigenvalue weighted by Gasteiger charge is -2.03. The molecule has 0 fully saturated rings. The summed E-state index contributed by atoms with van der Waals surface area (Å²) in [6.45, 7) is 3.67. The zero-order valence-electron chi connectivity index (χ0n) is 7.59. The summed E-state index contributed by atoms with van der Waals surface area (Å²) in [7, 11) is 0. The Labute approximate surface area is 79.2 Å². The largest absolute Gasteiger partial charge is 0.381 e. The van der Waals surface area contributed by atoms with Crippen LogP contribution in [0.2, 0.25) is 0 Å². The van der Waals surface area contributed by atoms with E-state index in [1.165, 1.54) is 0 Å². The molecule has 3 heteroatoms. The van der Waals surface area contributed by atoms with E-state index in [0.29, 0.717) is 0 Å². The molecule has 0 aromatic carbocycles. The summed E-state index contributed by atoms with van der Waals surface area (Å²) in [5, 5.41) is -0.334. The Morgan fingerprint density at radius 1 is 1.42 bits per heavy atom. The van der Waals surface area contributed by atoms with Gasteiger partial charge in [0.05, 0.1) is 5.38 Å². The summed E-state index contributed by atoms with van der Waals surface area (Å²) in [6, 6.07) is 0. The summed E-state index contributed by atoms with van der Waals surface area (Å²) in [5.74, 6) is 0. The zero-order valence-corrected chi connectivity index (χ0v) is 8.35. The molecule has 0 aliphatic rings. The number of aldehydes is 1. The monoisotopic (exact) mass is 192 g/mol. The van der Waals surface area contributed by atoms with Crippen molar-refractivity contribution in [3.63, 3.8) is 0 Å². The highest BCUT2D eigenvalue weighted by Gasteiger charge is 2.00. The first-order valence-electron chi connectivity index (χ1n) is 4.48. The Bertz CT molecular complexity index is 107. The molecular formula is C9H17ClO2. The zero-order chi connectivity index (χ0) is 9.23. The molecule has 2 nitrogen and oxygen atoms in total. The van der Waals surface area contributed by atoms with Crippen molar-refractivity contribution in [1.82, 2.24) is 0 Å². The Balaban J connectivity index is 2.95. The van der Waals surface area contributed by atoms with Crippen molar-refractivity contribution in [3.8, 4) is 0 Å². The van der Waals surface area contributed by atoms with Gasteiger partial charge in [-0.15, -0.1) is 11.6 Å². The van der Waals surface area contributed by atoms with Crippen LogP contribution < -0.4 is 0 Å². The van der Waals surface area contributed by atoms with Crippen LogP contribution in [0.5, 0.6) is 0 Å². The maximum absolute atomic E-state index is 10.1. The minimum Gasteiger partial charge on any atom is -0.381 e. The van der Waals surface area contributed by atoms with Crippen LogP contribution in [0, 0.1) is 0 Å². The van der Waals surface area contributed by atoms with Gasteiger partial charge in [-0.2, -0.15) is 0 Å². The molecule has 0 spiro atoms. The predicted molar refractivity (Wildman–Crippen MR) is 50.7 cm³/mol. The maximum Gasteiger partial charge on any atom is 0.137 e. The van der Waals surface area contributed by atoms with Crippen LogP contribution in [-0.2, 0) is 9.53 Å². The Kier molecular flexibility index (Phi) is 8.95. The van der Waals surface area contributed by atoms with E-state index in [-0.39, 0.29) is 5.38 Å². The van der Waals surface area contributed by atoms with Crippen LogP contribution in [0.15, 0.2) is 0 Å². The van der Waals surface area contributed by atoms with Gasteiger partial charge in [0.1, 0.15) is 6.29 Å². The number of carbonyl (C=O) groups excluding carboxylic acids is 1. The molecule has 0 unspecified atom stereocenters. The third-order valence-corrected chi connectivity index (χ3v) is 1.88. The van der Waals surface area contributed by atoms with Gasteiger partial charge in [0.2, 0.25) is 0 Å². The minimum absolute atomic E-state index is 0.334. The van der Waals surface area contributed by atoms with Crippen LogP contribution in [-0.4, -0.2) is 24.9 Å². The number of hydrogen-bond acceptors (Lipinski definition) is 2. The van der Waals surface area contributed by atoms with Crippen molar-refractivity contribution < 1.29 is 9.53 Å². The van der Waals surface area contributed by atoms with Gasteiger partial charge in [-0.1, -0.05) is 13.3 Å². The van der Waals surface area contributed by atoms with E-state index < -0.39 is 0 Å². The van der Waals surface area contributed by atoms with E-state index in [1.807, 2.05) is 0 Å². The number of carbonyl (C=O) groups is 1. The van der Waals surface area contributed by atoms with Crippen molar-refractivity contribution >= 4 is 17.9 Å². The maximum atomic E-state index is 10.1. The topological polar surface area (TPSA) is 26.3 Å². The van der Waals surface area contributed by atoms with Gasteiger partial charge in [0, 0.05) is 13.2 Å². The molecule has 0 aromatic heterocycles. The van der Waals surface area contributed by atoms with Crippen molar-refractivity contribution in [2.75, 3.05) is 13.2 Å².